The third-order valence-electron chi connectivity index (χ3n) is 3.15. The van der Waals surface area contributed by atoms with Crippen molar-refractivity contribution < 1.29 is 14.7 Å². The van der Waals surface area contributed by atoms with Crippen LogP contribution in [-0.4, -0.2) is 21.8 Å². The van der Waals surface area contributed by atoms with Gasteiger partial charge in [-0.25, -0.2) is 4.79 Å². The predicted molar refractivity (Wildman–Crippen MR) is 75.1 cm³/mol. The zero-order valence-electron chi connectivity index (χ0n) is 10.5. The standard InChI is InChI=1S/C16H11NO3/c18-15(10-4-2-1-3-5-10)11-6-7-13-12(8-11)9-14(17-13)16(19)20/h1-9,17H,(H,19,20). The number of benzene rings is 2. The van der Waals surface area contributed by atoms with Gasteiger partial charge in [-0.1, -0.05) is 30.3 Å². The van der Waals surface area contributed by atoms with Crippen LogP contribution in [0.4, 0.5) is 0 Å². The number of carbonyl (C=O) groups excluding carboxylic acids is 1. The molecule has 0 amide bonds. The molecule has 0 saturated carbocycles. The highest BCUT2D eigenvalue weighted by Gasteiger charge is 2.12. The fourth-order valence-corrected chi connectivity index (χ4v) is 2.15. The van der Waals surface area contributed by atoms with Gasteiger partial charge in [0.2, 0.25) is 0 Å². The second-order valence-corrected chi connectivity index (χ2v) is 4.49. The van der Waals surface area contributed by atoms with Crippen LogP contribution in [0.25, 0.3) is 10.9 Å². The van der Waals surface area contributed by atoms with Crippen molar-refractivity contribution in [2.45, 2.75) is 0 Å². The van der Waals surface area contributed by atoms with Gasteiger partial charge in [0.25, 0.3) is 0 Å². The van der Waals surface area contributed by atoms with Gasteiger partial charge in [-0.2, -0.15) is 0 Å². The molecule has 4 nitrogen and oxygen atoms in total. The topological polar surface area (TPSA) is 70.2 Å². The lowest BCUT2D eigenvalue weighted by molar-refractivity contribution is 0.0691. The normalized spacial score (nSPS) is 10.6. The van der Waals surface area contributed by atoms with Gasteiger partial charge in [0, 0.05) is 22.0 Å². The molecule has 3 rings (SSSR count). The number of carbonyl (C=O) groups is 2. The number of ketones is 1. The number of aromatic nitrogens is 1. The molecule has 3 aromatic rings. The van der Waals surface area contributed by atoms with Crippen LogP contribution >= 0.6 is 0 Å². The van der Waals surface area contributed by atoms with E-state index in [1.165, 1.54) is 6.07 Å². The lowest BCUT2D eigenvalue weighted by atomic mass is 10.0. The Balaban J connectivity index is 2.05. The van der Waals surface area contributed by atoms with Crippen LogP contribution in [0.5, 0.6) is 0 Å². The van der Waals surface area contributed by atoms with Crippen LogP contribution in [0.3, 0.4) is 0 Å². The maximum absolute atomic E-state index is 12.3. The number of carboxylic acids is 1. The molecule has 0 atom stereocenters. The quantitative estimate of drug-likeness (QED) is 0.715. The van der Waals surface area contributed by atoms with Crippen molar-refractivity contribution in [3.63, 3.8) is 0 Å². The number of H-pyrrole nitrogens is 1. The van der Waals surface area contributed by atoms with E-state index in [1.54, 1.807) is 30.3 Å². The van der Waals surface area contributed by atoms with E-state index < -0.39 is 5.97 Å². The van der Waals surface area contributed by atoms with Gasteiger partial charge >= 0.3 is 5.97 Å². The van der Waals surface area contributed by atoms with Crippen LogP contribution < -0.4 is 0 Å². The van der Waals surface area contributed by atoms with Crippen LogP contribution in [0.2, 0.25) is 0 Å². The predicted octanol–water partition coefficient (Wildman–Crippen LogP) is 3.10. The van der Waals surface area contributed by atoms with E-state index >= 15 is 0 Å². The first kappa shape index (κ1) is 12.2. The van der Waals surface area contributed by atoms with Crippen LogP contribution in [0.15, 0.2) is 54.6 Å². The minimum absolute atomic E-state index is 0.0782. The van der Waals surface area contributed by atoms with E-state index in [4.69, 9.17) is 5.11 Å². The van der Waals surface area contributed by atoms with E-state index in [-0.39, 0.29) is 11.5 Å². The molecule has 1 aromatic heterocycles. The molecule has 20 heavy (non-hydrogen) atoms. The molecule has 0 bridgehead atoms. The summed E-state index contributed by atoms with van der Waals surface area (Å²) in [4.78, 5) is 26.0. The minimum Gasteiger partial charge on any atom is -0.477 e. The Kier molecular flexibility index (Phi) is 2.84. The van der Waals surface area contributed by atoms with Crippen molar-refractivity contribution >= 4 is 22.7 Å². The summed E-state index contributed by atoms with van der Waals surface area (Å²) >= 11 is 0. The molecule has 0 aliphatic heterocycles. The monoisotopic (exact) mass is 265 g/mol. The van der Waals surface area contributed by atoms with Crippen molar-refractivity contribution in [2.24, 2.45) is 0 Å². The van der Waals surface area contributed by atoms with Crippen molar-refractivity contribution in [1.82, 2.24) is 4.98 Å². The first-order chi connectivity index (χ1) is 9.65. The zero-order chi connectivity index (χ0) is 14.1. The molecular weight excluding hydrogens is 254 g/mol. The first-order valence-electron chi connectivity index (χ1n) is 6.11. The molecule has 2 N–H and O–H groups in total. The number of aromatic carboxylic acids is 1. The van der Waals surface area contributed by atoms with Gasteiger partial charge in [0.15, 0.2) is 5.78 Å². The summed E-state index contributed by atoms with van der Waals surface area (Å²) in [7, 11) is 0. The van der Waals surface area contributed by atoms with E-state index in [1.807, 2.05) is 18.2 Å². The molecule has 4 heteroatoms. The van der Waals surface area contributed by atoms with Gasteiger partial charge in [0.1, 0.15) is 5.69 Å². The molecule has 98 valence electrons. The molecule has 0 spiro atoms. The molecule has 0 unspecified atom stereocenters. The maximum Gasteiger partial charge on any atom is 0.352 e. The zero-order valence-corrected chi connectivity index (χ0v) is 10.5. The van der Waals surface area contributed by atoms with Crippen molar-refractivity contribution in [3.05, 3.63) is 71.4 Å². The van der Waals surface area contributed by atoms with Crippen LogP contribution in [0.1, 0.15) is 26.4 Å². The highest BCUT2D eigenvalue weighted by Crippen LogP contribution is 2.19. The van der Waals surface area contributed by atoms with E-state index in [9.17, 15) is 9.59 Å². The van der Waals surface area contributed by atoms with E-state index in [0.717, 1.165) is 0 Å². The van der Waals surface area contributed by atoms with E-state index in [0.29, 0.717) is 22.0 Å². The second kappa shape index (κ2) is 4.66. The maximum atomic E-state index is 12.3. The minimum atomic E-state index is -1.02. The lowest BCUT2D eigenvalue weighted by Gasteiger charge is -2.01. The number of hydrogen-bond donors (Lipinski definition) is 2. The summed E-state index contributed by atoms with van der Waals surface area (Å²) in [6, 6.07) is 15.6. The fraction of sp³-hybridized carbons (Fsp3) is 0. The summed E-state index contributed by atoms with van der Waals surface area (Å²) in [6.45, 7) is 0. The van der Waals surface area contributed by atoms with Gasteiger partial charge < -0.3 is 10.1 Å². The first-order valence-corrected chi connectivity index (χ1v) is 6.11. The summed E-state index contributed by atoms with van der Waals surface area (Å²) in [5.41, 5.74) is 1.97. The number of rotatable bonds is 3. The number of aromatic amines is 1. The molecule has 0 radical (unpaired) electrons. The Labute approximate surface area is 114 Å². The fourth-order valence-electron chi connectivity index (χ4n) is 2.15. The summed E-state index contributed by atoms with van der Waals surface area (Å²) in [6.07, 6.45) is 0. The highest BCUT2D eigenvalue weighted by molar-refractivity contribution is 6.10. The van der Waals surface area contributed by atoms with E-state index in [2.05, 4.69) is 4.98 Å². The molecule has 0 aliphatic carbocycles. The summed E-state index contributed by atoms with van der Waals surface area (Å²) in [5.74, 6) is -1.09. The number of nitrogens with one attached hydrogen (secondary N) is 1. The Morgan fingerprint density at radius 1 is 0.900 bits per heavy atom. The van der Waals surface area contributed by atoms with Gasteiger partial charge in [0.05, 0.1) is 0 Å². The lowest BCUT2D eigenvalue weighted by Crippen LogP contribution is -2.00. The Morgan fingerprint density at radius 3 is 2.35 bits per heavy atom. The molecule has 2 aromatic carbocycles. The van der Waals surface area contributed by atoms with Crippen molar-refractivity contribution in [3.8, 4) is 0 Å². The van der Waals surface area contributed by atoms with Crippen LogP contribution in [-0.2, 0) is 0 Å². The Morgan fingerprint density at radius 2 is 1.65 bits per heavy atom. The van der Waals surface area contributed by atoms with Crippen molar-refractivity contribution in [2.75, 3.05) is 0 Å². The third-order valence-corrected chi connectivity index (χ3v) is 3.15. The number of hydrogen-bond acceptors (Lipinski definition) is 2. The largest absolute Gasteiger partial charge is 0.477 e. The van der Waals surface area contributed by atoms with Crippen molar-refractivity contribution in [1.29, 1.82) is 0 Å². The van der Waals surface area contributed by atoms with Crippen LogP contribution in [0, 0.1) is 0 Å². The molecule has 0 fully saturated rings. The van der Waals surface area contributed by atoms with Gasteiger partial charge in [-0.3, -0.25) is 4.79 Å². The Bertz CT molecular complexity index is 803. The average Bonchev–Trinajstić information content (AvgIpc) is 2.90. The molecular formula is C16H11NO3. The summed E-state index contributed by atoms with van der Waals surface area (Å²) < 4.78 is 0. The molecule has 0 saturated heterocycles. The Hall–Kier alpha value is -2.88. The van der Waals surface area contributed by atoms with Gasteiger partial charge in [-0.05, 0) is 24.3 Å². The van der Waals surface area contributed by atoms with Gasteiger partial charge in [-0.15, -0.1) is 0 Å². The summed E-state index contributed by atoms with van der Waals surface area (Å²) in [5, 5.41) is 9.66. The number of carboxylic acid groups (broad SMARTS) is 1. The number of fused-ring (bicyclic) bond motifs is 1. The smallest absolute Gasteiger partial charge is 0.352 e. The average molecular weight is 265 g/mol. The SMILES string of the molecule is O=C(c1ccccc1)c1ccc2[nH]c(C(=O)O)cc2c1. The highest BCUT2D eigenvalue weighted by atomic mass is 16.4. The molecule has 1 heterocycles. The molecule has 0 aliphatic rings. The third kappa shape index (κ3) is 2.07. The second-order valence-electron chi connectivity index (χ2n) is 4.49.